The van der Waals surface area contributed by atoms with Gasteiger partial charge in [-0.15, -0.1) is 0 Å². The Balaban J connectivity index is 3.17. The molecule has 18 heavy (non-hydrogen) atoms. The first-order valence-corrected chi connectivity index (χ1v) is 8.12. The van der Waals surface area contributed by atoms with Crippen LogP contribution in [0.25, 0.3) is 0 Å². The third kappa shape index (κ3) is 3.52. The van der Waals surface area contributed by atoms with Crippen LogP contribution < -0.4 is 0 Å². The zero-order chi connectivity index (χ0) is 13.8. The molecule has 3 nitrogen and oxygen atoms in total. The van der Waals surface area contributed by atoms with Crippen LogP contribution in [0.1, 0.15) is 26.7 Å². The second-order valence-electron chi connectivity index (χ2n) is 3.98. The highest BCUT2D eigenvalue weighted by molar-refractivity contribution is 9.10. The van der Waals surface area contributed by atoms with Gasteiger partial charge in [0.05, 0.1) is 4.90 Å². The molecule has 0 radical (unpaired) electrons. The molecule has 1 rings (SSSR count). The van der Waals surface area contributed by atoms with Gasteiger partial charge in [-0.05, 0) is 47.0 Å². The van der Waals surface area contributed by atoms with Crippen LogP contribution in [0.15, 0.2) is 27.6 Å². The molecular weight excluding hydrogens is 321 g/mol. The van der Waals surface area contributed by atoms with E-state index in [0.717, 1.165) is 18.9 Å². The first kappa shape index (κ1) is 15.6. The molecule has 0 aromatic heterocycles. The Labute approximate surface area is 116 Å². The molecule has 0 heterocycles. The molecule has 0 aliphatic rings. The highest BCUT2D eigenvalue weighted by Crippen LogP contribution is 2.26. The van der Waals surface area contributed by atoms with Gasteiger partial charge in [-0.2, -0.15) is 4.31 Å². The van der Waals surface area contributed by atoms with Crippen molar-refractivity contribution in [1.82, 2.24) is 4.31 Å². The number of rotatable bonds is 6. The van der Waals surface area contributed by atoms with Gasteiger partial charge in [-0.25, -0.2) is 12.8 Å². The summed E-state index contributed by atoms with van der Waals surface area (Å²) in [5.41, 5.74) is 0. The molecule has 1 aromatic rings. The Morgan fingerprint density at radius 3 is 2.22 bits per heavy atom. The van der Waals surface area contributed by atoms with E-state index in [9.17, 15) is 12.8 Å². The lowest BCUT2D eigenvalue weighted by Crippen LogP contribution is -2.32. The molecule has 6 heteroatoms. The van der Waals surface area contributed by atoms with Crippen molar-refractivity contribution in [2.75, 3.05) is 13.1 Å². The van der Waals surface area contributed by atoms with Gasteiger partial charge in [0, 0.05) is 17.6 Å². The predicted molar refractivity (Wildman–Crippen MR) is 73.4 cm³/mol. The second kappa shape index (κ2) is 6.63. The topological polar surface area (TPSA) is 37.4 Å². The Hall–Kier alpha value is -0.460. The van der Waals surface area contributed by atoms with Crippen molar-refractivity contribution in [3.63, 3.8) is 0 Å². The minimum Gasteiger partial charge on any atom is -0.207 e. The quantitative estimate of drug-likeness (QED) is 0.797. The molecule has 0 bridgehead atoms. The summed E-state index contributed by atoms with van der Waals surface area (Å²) in [5.74, 6) is -0.460. The molecule has 0 amide bonds. The molecule has 0 aliphatic carbocycles. The molecule has 1 aromatic carbocycles. The summed E-state index contributed by atoms with van der Waals surface area (Å²) in [6, 6.07) is 3.63. The number of hydrogen-bond acceptors (Lipinski definition) is 2. The predicted octanol–water partition coefficient (Wildman–Crippen LogP) is 3.40. The highest BCUT2D eigenvalue weighted by Gasteiger charge is 2.25. The van der Waals surface area contributed by atoms with E-state index in [0.29, 0.717) is 13.1 Å². The van der Waals surface area contributed by atoms with E-state index in [-0.39, 0.29) is 9.37 Å². The maximum atomic E-state index is 13.0. The first-order chi connectivity index (χ1) is 8.43. The molecule has 0 unspecified atom stereocenters. The summed E-state index contributed by atoms with van der Waals surface area (Å²) in [7, 11) is -3.55. The Morgan fingerprint density at radius 2 is 1.78 bits per heavy atom. The average molecular weight is 338 g/mol. The first-order valence-electron chi connectivity index (χ1n) is 5.88. The van der Waals surface area contributed by atoms with Crippen molar-refractivity contribution >= 4 is 26.0 Å². The number of hydrogen-bond donors (Lipinski definition) is 0. The van der Waals surface area contributed by atoms with Crippen molar-refractivity contribution in [3.8, 4) is 0 Å². The number of benzene rings is 1. The van der Waals surface area contributed by atoms with Crippen molar-refractivity contribution in [1.29, 1.82) is 0 Å². The van der Waals surface area contributed by atoms with Crippen molar-refractivity contribution in [2.45, 2.75) is 31.6 Å². The smallest absolute Gasteiger partial charge is 0.207 e. The summed E-state index contributed by atoms with van der Waals surface area (Å²) in [5, 5.41) is 0. The fraction of sp³-hybridized carbons (Fsp3) is 0.500. The minimum atomic E-state index is -3.55. The summed E-state index contributed by atoms with van der Waals surface area (Å²) >= 11 is 3.11. The van der Waals surface area contributed by atoms with E-state index in [1.54, 1.807) is 0 Å². The summed E-state index contributed by atoms with van der Waals surface area (Å²) in [6.07, 6.45) is 1.50. The van der Waals surface area contributed by atoms with Crippen LogP contribution in [-0.4, -0.2) is 25.8 Å². The summed E-state index contributed by atoms with van der Waals surface area (Å²) in [6.45, 7) is 4.80. The van der Waals surface area contributed by atoms with Gasteiger partial charge < -0.3 is 0 Å². The third-order valence-electron chi connectivity index (χ3n) is 2.46. The molecule has 0 atom stereocenters. The molecule has 102 valence electrons. The fourth-order valence-electron chi connectivity index (χ4n) is 1.67. The zero-order valence-electron chi connectivity index (χ0n) is 10.5. The number of sulfonamides is 1. The maximum absolute atomic E-state index is 13.0. The van der Waals surface area contributed by atoms with Gasteiger partial charge in [0.25, 0.3) is 0 Å². The lowest BCUT2D eigenvalue weighted by molar-refractivity contribution is 0.409. The molecule has 0 spiro atoms. The van der Waals surface area contributed by atoms with E-state index in [1.807, 2.05) is 13.8 Å². The maximum Gasteiger partial charge on any atom is 0.244 e. The SMILES string of the molecule is CCCN(CCC)S(=O)(=O)c1ccc(F)cc1Br. The monoisotopic (exact) mass is 337 g/mol. The molecule has 0 saturated carbocycles. The van der Waals surface area contributed by atoms with Gasteiger partial charge in [0.1, 0.15) is 5.82 Å². The van der Waals surface area contributed by atoms with Crippen LogP contribution >= 0.6 is 15.9 Å². The summed E-state index contributed by atoms with van der Waals surface area (Å²) in [4.78, 5) is 0.116. The normalized spacial score (nSPS) is 12.1. The zero-order valence-corrected chi connectivity index (χ0v) is 12.9. The Morgan fingerprint density at radius 1 is 1.22 bits per heavy atom. The largest absolute Gasteiger partial charge is 0.244 e. The lowest BCUT2D eigenvalue weighted by Gasteiger charge is -2.21. The van der Waals surface area contributed by atoms with Crippen LogP contribution in [-0.2, 0) is 10.0 Å². The number of halogens is 2. The highest BCUT2D eigenvalue weighted by atomic mass is 79.9. The van der Waals surface area contributed by atoms with Gasteiger partial charge in [0.2, 0.25) is 10.0 Å². The van der Waals surface area contributed by atoms with Crippen LogP contribution in [0.5, 0.6) is 0 Å². The molecule has 0 aliphatic heterocycles. The van der Waals surface area contributed by atoms with E-state index in [4.69, 9.17) is 0 Å². The Kier molecular flexibility index (Phi) is 5.75. The van der Waals surface area contributed by atoms with Crippen LogP contribution in [0, 0.1) is 5.82 Å². The van der Waals surface area contributed by atoms with Crippen molar-refractivity contribution in [3.05, 3.63) is 28.5 Å². The standard InChI is InChI=1S/C12H17BrFNO2S/c1-3-7-15(8-4-2)18(16,17)12-6-5-10(14)9-11(12)13/h5-6,9H,3-4,7-8H2,1-2H3. The Bertz CT molecular complexity index is 499. The lowest BCUT2D eigenvalue weighted by atomic mass is 10.3. The molecular formula is C12H17BrFNO2S. The molecule has 0 fully saturated rings. The van der Waals surface area contributed by atoms with Crippen LogP contribution in [0.4, 0.5) is 4.39 Å². The van der Waals surface area contributed by atoms with Gasteiger partial charge in [-0.1, -0.05) is 13.8 Å². The van der Waals surface area contributed by atoms with Crippen LogP contribution in [0.2, 0.25) is 0 Å². The minimum absolute atomic E-state index is 0.116. The van der Waals surface area contributed by atoms with Crippen molar-refractivity contribution in [2.24, 2.45) is 0 Å². The molecule has 0 N–H and O–H groups in total. The number of nitrogens with zero attached hydrogens (tertiary/aromatic N) is 1. The average Bonchev–Trinajstić information content (AvgIpc) is 2.28. The van der Waals surface area contributed by atoms with Gasteiger partial charge >= 0.3 is 0 Å². The van der Waals surface area contributed by atoms with Crippen LogP contribution in [0.3, 0.4) is 0 Å². The van der Waals surface area contributed by atoms with Gasteiger partial charge in [0.15, 0.2) is 0 Å². The van der Waals surface area contributed by atoms with E-state index in [2.05, 4.69) is 15.9 Å². The summed E-state index contributed by atoms with van der Waals surface area (Å²) < 4.78 is 39.5. The van der Waals surface area contributed by atoms with E-state index < -0.39 is 15.8 Å². The van der Waals surface area contributed by atoms with Gasteiger partial charge in [-0.3, -0.25) is 0 Å². The second-order valence-corrected chi connectivity index (χ2v) is 6.74. The third-order valence-corrected chi connectivity index (χ3v) is 5.33. The fourth-order valence-corrected chi connectivity index (χ4v) is 4.31. The van der Waals surface area contributed by atoms with E-state index >= 15 is 0 Å². The van der Waals surface area contributed by atoms with Crippen molar-refractivity contribution < 1.29 is 12.8 Å². The molecule has 0 saturated heterocycles. The van der Waals surface area contributed by atoms with E-state index in [1.165, 1.54) is 16.4 Å².